The Bertz CT molecular complexity index is 961. The molecule has 1 aliphatic heterocycles. The Morgan fingerprint density at radius 1 is 1.30 bits per heavy atom. The molecule has 2 fully saturated rings. The summed E-state index contributed by atoms with van der Waals surface area (Å²) in [5.74, 6) is -1.45. The minimum Gasteiger partial charge on any atom is -0.340 e. The van der Waals surface area contributed by atoms with Crippen LogP contribution in [0.4, 0.5) is 13.2 Å². The maximum absolute atomic E-state index is 11.9. The van der Waals surface area contributed by atoms with Crippen molar-refractivity contribution in [1.29, 1.82) is 5.26 Å². The summed E-state index contributed by atoms with van der Waals surface area (Å²) in [7, 11) is 0. The third-order valence-corrected chi connectivity index (χ3v) is 6.09. The van der Waals surface area contributed by atoms with Gasteiger partial charge in [-0.05, 0) is 37.0 Å². The van der Waals surface area contributed by atoms with Crippen molar-refractivity contribution in [2.45, 2.75) is 79.6 Å². The molecule has 1 unspecified atom stereocenters. The molecule has 0 aromatic carbocycles. The van der Waals surface area contributed by atoms with Gasteiger partial charge in [0, 0.05) is 24.3 Å². The fraction of sp³-hybridized carbons (Fsp3) is 0.720. The van der Waals surface area contributed by atoms with E-state index in [0.717, 1.165) is 30.0 Å². The van der Waals surface area contributed by atoms with Crippen LogP contribution in [0.5, 0.6) is 0 Å². The van der Waals surface area contributed by atoms with Crippen molar-refractivity contribution >= 4 is 18.2 Å². The third-order valence-electron chi connectivity index (χ3n) is 6.09. The molecule has 12 heteroatoms. The first-order valence-electron chi connectivity index (χ1n) is 12.3. The molecule has 3 rings (SSSR count). The number of hydrogen-bond acceptors (Lipinski definition) is 5. The number of alkyl halides is 3. The minimum absolute atomic E-state index is 0.0519. The van der Waals surface area contributed by atoms with Crippen molar-refractivity contribution in [3.05, 3.63) is 17.5 Å². The van der Waals surface area contributed by atoms with Crippen LogP contribution in [-0.4, -0.2) is 58.7 Å². The van der Waals surface area contributed by atoms with E-state index in [1.165, 1.54) is 4.90 Å². The number of halogens is 3. The van der Waals surface area contributed by atoms with E-state index in [4.69, 9.17) is 5.26 Å². The second-order valence-electron chi connectivity index (χ2n) is 10.8. The maximum Gasteiger partial charge on any atom is 0.471 e. The molecule has 3 amide bonds. The molecule has 9 nitrogen and oxygen atoms in total. The molecule has 2 aliphatic rings. The van der Waals surface area contributed by atoms with Crippen LogP contribution < -0.4 is 10.6 Å². The van der Waals surface area contributed by atoms with Gasteiger partial charge in [0.15, 0.2) is 0 Å². The van der Waals surface area contributed by atoms with Crippen molar-refractivity contribution in [2.24, 2.45) is 17.3 Å². The van der Waals surface area contributed by atoms with Crippen LogP contribution in [0.15, 0.2) is 6.20 Å². The zero-order valence-electron chi connectivity index (χ0n) is 22.6. The van der Waals surface area contributed by atoms with Gasteiger partial charge in [0.1, 0.15) is 6.04 Å². The SMILES string of the molecule is CC(C)C.C[C@H]1CN(C(=O)CNC(=O)C(F)(F)F)CC1(C)C.Cc1c(C(C#N)NC=O)cnn1C1CC1. The summed E-state index contributed by atoms with van der Waals surface area (Å²) in [5.41, 5.74) is 1.71. The number of carbonyl (C=O) groups excluding carboxylic acids is 3. The molecule has 1 aromatic heterocycles. The average molecular weight is 529 g/mol. The van der Waals surface area contributed by atoms with Gasteiger partial charge in [-0.1, -0.05) is 41.5 Å². The van der Waals surface area contributed by atoms with Crippen LogP contribution in [0.25, 0.3) is 0 Å². The average Bonchev–Trinajstić information content (AvgIpc) is 3.49. The molecular weight excluding hydrogens is 489 g/mol. The lowest BCUT2D eigenvalue weighted by Gasteiger charge is -2.22. The Kier molecular flexibility index (Phi) is 11.6. The molecule has 1 aromatic rings. The Morgan fingerprint density at radius 2 is 1.86 bits per heavy atom. The smallest absolute Gasteiger partial charge is 0.340 e. The highest BCUT2D eigenvalue weighted by Gasteiger charge is 2.41. The van der Waals surface area contributed by atoms with Gasteiger partial charge in [0.25, 0.3) is 0 Å². The molecule has 208 valence electrons. The van der Waals surface area contributed by atoms with E-state index in [-0.39, 0.29) is 11.3 Å². The summed E-state index contributed by atoms with van der Waals surface area (Å²) in [6.07, 6.45) is -0.432. The van der Waals surface area contributed by atoms with E-state index in [9.17, 15) is 27.6 Å². The van der Waals surface area contributed by atoms with Crippen molar-refractivity contribution in [1.82, 2.24) is 25.3 Å². The predicted octanol–water partition coefficient (Wildman–Crippen LogP) is 3.67. The Labute approximate surface area is 216 Å². The van der Waals surface area contributed by atoms with Gasteiger partial charge in [-0.3, -0.25) is 19.1 Å². The van der Waals surface area contributed by atoms with Crippen LogP contribution in [0, 0.1) is 35.5 Å². The molecule has 2 N–H and O–H groups in total. The number of amides is 3. The van der Waals surface area contributed by atoms with Crippen LogP contribution in [-0.2, 0) is 14.4 Å². The van der Waals surface area contributed by atoms with E-state index in [1.807, 2.05) is 38.4 Å². The lowest BCUT2D eigenvalue weighted by molar-refractivity contribution is -0.174. The molecular formula is C25H39F3N6O3. The van der Waals surface area contributed by atoms with Crippen molar-refractivity contribution in [3.63, 3.8) is 0 Å². The number of hydrogen-bond donors (Lipinski definition) is 2. The van der Waals surface area contributed by atoms with Crippen LogP contribution in [0.3, 0.4) is 0 Å². The van der Waals surface area contributed by atoms with E-state index in [0.29, 0.717) is 25.5 Å². The number of likely N-dealkylation sites (tertiary alicyclic amines) is 1. The van der Waals surface area contributed by atoms with Gasteiger partial charge in [-0.2, -0.15) is 23.5 Å². The van der Waals surface area contributed by atoms with Gasteiger partial charge >= 0.3 is 12.1 Å². The van der Waals surface area contributed by atoms with E-state index < -0.39 is 30.6 Å². The minimum atomic E-state index is -4.95. The summed E-state index contributed by atoms with van der Waals surface area (Å²) < 4.78 is 37.7. The van der Waals surface area contributed by atoms with E-state index >= 15 is 0 Å². The van der Waals surface area contributed by atoms with Gasteiger partial charge in [-0.25, -0.2) is 0 Å². The first-order chi connectivity index (χ1) is 17.0. The van der Waals surface area contributed by atoms with E-state index in [1.54, 1.807) is 11.5 Å². The topological polar surface area (TPSA) is 120 Å². The largest absolute Gasteiger partial charge is 0.471 e. The number of nitriles is 1. The van der Waals surface area contributed by atoms with Crippen LogP contribution in [0.2, 0.25) is 0 Å². The first kappa shape index (κ1) is 31.9. The standard InChI is InChI=1S/C11H17F3N2O2.C10H12N4O.C4H10/c1-7-5-16(6-10(7,2)3)8(17)4-15-9(18)11(12,13)14;1-7-9(10(4-11)12-6-15)5-13-14(7)8-2-3-8;1-4(2)3/h7H,4-6H2,1-3H3,(H,15,18);5-6,8,10H,2-3H2,1H3,(H,12,15);4H,1-3H3/t7-;;/m0../s1. The van der Waals surface area contributed by atoms with Gasteiger partial charge < -0.3 is 15.5 Å². The molecule has 0 bridgehead atoms. The molecule has 1 saturated carbocycles. The molecule has 0 radical (unpaired) electrons. The molecule has 37 heavy (non-hydrogen) atoms. The summed E-state index contributed by atoms with van der Waals surface area (Å²) in [5, 5.41) is 17.2. The highest BCUT2D eigenvalue weighted by molar-refractivity contribution is 5.87. The zero-order chi connectivity index (χ0) is 28.6. The molecule has 1 saturated heterocycles. The number of nitrogens with one attached hydrogen (secondary N) is 2. The van der Waals surface area contributed by atoms with Crippen LogP contribution >= 0.6 is 0 Å². The monoisotopic (exact) mass is 528 g/mol. The Balaban J connectivity index is 0.000000327. The molecule has 1 aliphatic carbocycles. The fourth-order valence-corrected chi connectivity index (χ4v) is 3.52. The lowest BCUT2D eigenvalue weighted by Crippen LogP contribution is -2.44. The number of rotatable bonds is 6. The fourth-order valence-electron chi connectivity index (χ4n) is 3.52. The molecule has 2 heterocycles. The lowest BCUT2D eigenvalue weighted by atomic mass is 9.84. The van der Waals surface area contributed by atoms with Crippen molar-refractivity contribution in [3.8, 4) is 6.07 Å². The summed E-state index contributed by atoms with van der Waals surface area (Å²) in [6.45, 7) is 14.8. The van der Waals surface area contributed by atoms with Crippen molar-refractivity contribution < 1.29 is 27.6 Å². The Morgan fingerprint density at radius 3 is 2.27 bits per heavy atom. The molecule has 0 spiro atoms. The second kappa shape index (κ2) is 13.4. The Hall–Kier alpha value is -3.10. The number of aromatic nitrogens is 2. The van der Waals surface area contributed by atoms with Gasteiger partial charge in [0.2, 0.25) is 12.3 Å². The third kappa shape index (κ3) is 10.1. The number of nitrogens with zero attached hydrogens (tertiary/aromatic N) is 4. The predicted molar refractivity (Wildman–Crippen MR) is 132 cm³/mol. The normalized spacial score (nSPS) is 19.0. The van der Waals surface area contributed by atoms with Crippen molar-refractivity contribution in [2.75, 3.05) is 19.6 Å². The van der Waals surface area contributed by atoms with Gasteiger partial charge in [0.05, 0.1) is 24.9 Å². The maximum atomic E-state index is 11.9. The number of carbonyl (C=O) groups is 3. The highest BCUT2D eigenvalue weighted by atomic mass is 19.4. The van der Waals surface area contributed by atoms with E-state index in [2.05, 4.69) is 31.2 Å². The summed E-state index contributed by atoms with van der Waals surface area (Å²) in [6, 6.07) is 1.94. The summed E-state index contributed by atoms with van der Waals surface area (Å²) >= 11 is 0. The zero-order valence-corrected chi connectivity index (χ0v) is 22.6. The van der Waals surface area contributed by atoms with Crippen LogP contribution in [0.1, 0.15) is 77.7 Å². The summed E-state index contributed by atoms with van der Waals surface area (Å²) in [4.78, 5) is 34.0. The molecule has 2 atom stereocenters. The quantitative estimate of drug-likeness (QED) is 0.546. The highest BCUT2D eigenvalue weighted by Crippen LogP contribution is 2.36. The second-order valence-corrected chi connectivity index (χ2v) is 10.8. The van der Waals surface area contributed by atoms with Gasteiger partial charge in [-0.15, -0.1) is 0 Å². The first-order valence-corrected chi connectivity index (χ1v) is 12.3.